The summed E-state index contributed by atoms with van der Waals surface area (Å²) in [7, 11) is -2.63. The second kappa shape index (κ2) is 10.0. The highest BCUT2D eigenvalue weighted by atomic mass is 32.2. The van der Waals surface area contributed by atoms with E-state index in [9.17, 15) is 18.0 Å². The van der Waals surface area contributed by atoms with Crippen molar-refractivity contribution in [2.45, 2.75) is 17.4 Å². The third-order valence-corrected chi connectivity index (χ3v) is 6.01. The summed E-state index contributed by atoms with van der Waals surface area (Å²) in [4.78, 5) is 24.6. The minimum absolute atomic E-state index is 0.0725. The normalized spacial score (nSPS) is 12.0. The second-order valence-electron chi connectivity index (χ2n) is 6.73. The topological polar surface area (TPSA) is 102 Å². The number of carbonyl (C=O) groups excluding carboxylic acids is 2. The van der Waals surface area contributed by atoms with Gasteiger partial charge in [-0.1, -0.05) is 48.5 Å². The Kier molecular flexibility index (Phi) is 7.17. The molecule has 1 atom stereocenters. The third kappa shape index (κ3) is 6.00. The van der Waals surface area contributed by atoms with Crippen molar-refractivity contribution < 1.29 is 22.7 Å². The van der Waals surface area contributed by atoms with Crippen LogP contribution in [0.5, 0.6) is 0 Å². The van der Waals surface area contributed by atoms with E-state index in [1.54, 1.807) is 30.3 Å². The maximum absolute atomic E-state index is 13.0. The van der Waals surface area contributed by atoms with E-state index in [2.05, 4.69) is 14.8 Å². The number of hydrogen-bond donors (Lipinski definition) is 2. The van der Waals surface area contributed by atoms with Crippen LogP contribution < -0.4 is 10.0 Å². The maximum atomic E-state index is 13.0. The number of benzene rings is 3. The molecular formula is C23H22N2O5S. The van der Waals surface area contributed by atoms with Gasteiger partial charge in [0.25, 0.3) is 0 Å². The van der Waals surface area contributed by atoms with Crippen molar-refractivity contribution >= 4 is 27.6 Å². The lowest BCUT2D eigenvalue weighted by Gasteiger charge is -2.19. The summed E-state index contributed by atoms with van der Waals surface area (Å²) in [6.07, 6.45) is 0.166. The van der Waals surface area contributed by atoms with Gasteiger partial charge in [0.05, 0.1) is 17.6 Å². The Bertz CT molecular complexity index is 1130. The average Bonchev–Trinajstić information content (AvgIpc) is 2.79. The van der Waals surface area contributed by atoms with E-state index in [0.29, 0.717) is 11.3 Å². The molecule has 3 aromatic carbocycles. The van der Waals surface area contributed by atoms with E-state index < -0.39 is 27.9 Å². The molecule has 0 aliphatic rings. The number of ether oxygens (including phenoxy) is 1. The summed E-state index contributed by atoms with van der Waals surface area (Å²) in [6.45, 7) is 0. The quantitative estimate of drug-likeness (QED) is 0.527. The zero-order valence-corrected chi connectivity index (χ0v) is 17.6. The van der Waals surface area contributed by atoms with Crippen molar-refractivity contribution in [1.29, 1.82) is 0 Å². The molecule has 0 aliphatic carbocycles. The first-order chi connectivity index (χ1) is 14.9. The molecule has 160 valence electrons. The van der Waals surface area contributed by atoms with E-state index in [1.807, 2.05) is 30.3 Å². The van der Waals surface area contributed by atoms with Gasteiger partial charge in [-0.2, -0.15) is 4.72 Å². The Morgan fingerprint density at radius 1 is 0.871 bits per heavy atom. The lowest BCUT2D eigenvalue weighted by molar-refractivity contribution is -0.117. The lowest BCUT2D eigenvalue weighted by atomic mass is 10.1. The standard InChI is InChI=1S/C23H22N2O5S/c1-30-23(27)18-12-14-19(15-13-18)24-22(26)21(16-17-8-4-2-5-9-17)25-31(28,29)20-10-6-3-7-11-20/h2-15,21,25H,16H2,1H3,(H,24,26)/t21-/m1/s1. The van der Waals surface area contributed by atoms with E-state index in [-0.39, 0.29) is 11.3 Å². The Morgan fingerprint density at radius 2 is 1.45 bits per heavy atom. The van der Waals surface area contributed by atoms with Crippen LogP contribution in [0.25, 0.3) is 0 Å². The van der Waals surface area contributed by atoms with Gasteiger partial charge in [-0.25, -0.2) is 13.2 Å². The van der Waals surface area contributed by atoms with Gasteiger partial charge in [0.2, 0.25) is 15.9 Å². The predicted octanol–water partition coefficient (Wildman–Crippen LogP) is 3.00. The SMILES string of the molecule is COC(=O)c1ccc(NC(=O)[C@@H](Cc2ccccc2)NS(=O)(=O)c2ccccc2)cc1. The fourth-order valence-corrected chi connectivity index (χ4v) is 4.15. The number of nitrogens with one attached hydrogen (secondary N) is 2. The maximum Gasteiger partial charge on any atom is 0.337 e. The van der Waals surface area contributed by atoms with Crippen LogP contribution in [-0.2, 0) is 26.0 Å². The molecule has 8 heteroatoms. The predicted molar refractivity (Wildman–Crippen MR) is 117 cm³/mol. The second-order valence-corrected chi connectivity index (χ2v) is 8.45. The minimum Gasteiger partial charge on any atom is -0.465 e. The van der Waals surface area contributed by atoms with Gasteiger partial charge in [0.1, 0.15) is 6.04 Å². The highest BCUT2D eigenvalue weighted by Crippen LogP contribution is 2.14. The van der Waals surface area contributed by atoms with Crippen LogP contribution in [0.4, 0.5) is 5.69 Å². The Morgan fingerprint density at radius 3 is 2.03 bits per heavy atom. The number of hydrogen-bond acceptors (Lipinski definition) is 5. The molecular weight excluding hydrogens is 416 g/mol. The molecule has 0 aromatic heterocycles. The minimum atomic E-state index is -3.91. The van der Waals surface area contributed by atoms with Crippen LogP contribution in [0.2, 0.25) is 0 Å². The molecule has 7 nitrogen and oxygen atoms in total. The molecule has 3 aromatic rings. The number of carbonyl (C=O) groups is 2. The molecule has 0 fully saturated rings. The van der Waals surface area contributed by atoms with Crippen LogP contribution in [0.3, 0.4) is 0 Å². The van der Waals surface area contributed by atoms with Gasteiger partial charge in [-0.15, -0.1) is 0 Å². The number of rotatable bonds is 8. The van der Waals surface area contributed by atoms with Gasteiger partial charge in [-0.05, 0) is 48.4 Å². The Balaban J connectivity index is 1.81. The Labute approximate surface area is 181 Å². The monoisotopic (exact) mass is 438 g/mol. The van der Waals surface area contributed by atoms with Crippen molar-refractivity contribution in [3.8, 4) is 0 Å². The lowest BCUT2D eigenvalue weighted by Crippen LogP contribution is -2.45. The van der Waals surface area contributed by atoms with Crippen LogP contribution in [-0.4, -0.2) is 33.4 Å². The largest absolute Gasteiger partial charge is 0.465 e. The van der Waals surface area contributed by atoms with Crippen molar-refractivity contribution in [2.24, 2.45) is 0 Å². The highest BCUT2D eigenvalue weighted by molar-refractivity contribution is 7.89. The molecule has 31 heavy (non-hydrogen) atoms. The van der Waals surface area contributed by atoms with Gasteiger partial charge in [0, 0.05) is 5.69 Å². The van der Waals surface area contributed by atoms with Crippen LogP contribution >= 0.6 is 0 Å². The molecule has 3 rings (SSSR count). The molecule has 0 aliphatic heterocycles. The molecule has 0 saturated heterocycles. The third-order valence-electron chi connectivity index (χ3n) is 4.52. The molecule has 1 amide bonds. The average molecular weight is 439 g/mol. The van der Waals surface area contributed by atoms with Gasteiger partial charge < -0.3 is 10.1 Å². The molecule has 0 unspecified atom stereocenters. The zero-order valence-electron chi connectivity index (χ0n) is 16.8. The number of anilines is 1. The van der Waals surface area contributed by atoms with E-state index in [1.165, 1.54) is 31.4 Å². The first kappa shape index (κ1) is 22.2. The summed E-state index contributed by atoms with van der Waals surface area (Å²) in [5.74, 6) is -1.01. The summed E-state index contributed by atoms with van der Waals surface area (Å²) < 4.78 is 32.8. The number of amides is 1. The summed E-state index contributed by atoms with van der Waals surface area (Å²) in [5, 5.41) is 2.70. The first-order valence-corrected chi connectivity index (χ1v) is 11.0. The molecule has 0 spiro atoms. The fraction of sp³-hybridized carbons (Fsp3) is 0.130. The highest BCUT2D eigenvalue weighted by Gasteiger charge is 2.26. The molecule has 0 heterocycles. The number of methoxy groups -OCH3 is 1. The van der Waals surface area contributed by atoms with Crippen molar-refractivity contribution in [2.75, 3.05) is 12.4 Å². The summed E-state index contributed by atoms with van der Waals surface area (Å²) >= 11 is 0. The van der Waals surface area contributed by atoms with Gasteiger partial charge in [0.15, 0.2) is 0 Å². The van der Waals surface area contributed by atoms with Crippen molar-refractivity contribution in [1.82, 2.24) is 4.72 Å². The summed E-state index contributed by atoms with van der Waals surface area (Å²) in [6, 6.07) is 22.1. The van der Waals surface area contributed by atoms with Crippen molar-refractivity contribution in [3.05, 3.63) is 96.1 Å². The van der Waals surface area contributed by atoms with Gasteiger partial charge in [-0.3, -0.25) is 4.79 Å². The smallest absolute Gasteiger partial charge is 0.337 e. The first-order valence-electron chi connectivity index (χ1n) is 9.49. The van der Waals surface area contributed by atoms with Crippen LogP contribution in [0.1, 0.15) is 15.9 Å². The van der Waals surface area contributed by atoms with Crippen LogP contribution in [0.15, 0.2) is 89.8 Å². The summed E-state index contributed by atoms with van der Waals surface area (Å²) in [5.41, 5.74) is 1.57. The zero-order chi connectivity index (χ0) is 22.3. The Hall–Kier alpha value is -3.49. The molecule has 0 radical (unpaired) electrons. The van der Waals surface area contributed by atoms with E-state index >= 15 is 0 Å². The van der Waals surface area contributed by atoms with Crippen molar-refractivity contribution in [3.63, 3.8) is 0 Å². The molecule has 2 N–H and O–H groups in total. The van der Waals surface area contributed by atoms with Crippen LogP contribution in [0, 0.1) is 0 Å². The van der Waals surface area contributed by atoms with E-state index in [4.69, 9.17) is 0 Å². The van der Waals surface area contributed by atoms with Gasteiger partial charge >= 0.3 is 5.97 Å². The number of sulfonamides is 1. The number of esters is 1. The fourth-order valence-electron chi connectivity index (χ4n) is 2.93. The van der Waals surface area contributed by atoms with E-state index in [0.717, 1.165) is 5.56 Å². The molecule has 0 bridgehead atoms. The molecule has 0 saturated carbocycles.